The van der Waals surface area contributed by atoms with Crippen molar-refractivity contribution in [2.45, 2.75) is 38.6 Å². The van der Waals surface area contributed by atoms with Crippen molar-refractivity contribution in [2.75, 3.05) is 5.32 Å². The van der Waals surface area contributed by atoms with Gasteiger partial charge in [-0.15, -0.1) is 12.4 Å². The molecule has 2 atom stereocenters. The first kappa shape index (κ1) is 19.9. The van der Waals surface area contributed by atoms with Crippen LogP contribution in [0.2, 0.25) is 0 Å². The van der Waals surface area contributed by atoms with Crippen LogP contribution in [-0.2, 0) is 14.8 Å². The molecule has 1 aromatic rings. The summed E-state index contributed by atoms with van der Waals surface area (Å²) in [6.45, 7) is 7.01. The maximum atomic E-state index is 12.0. The lowest BCUT2D eigenvalue weighted by Crippen LogP contribution is -2.34. The van der Waals surface area contributed by atoms with Crippen molar-refractivity contribution in [3.8, 4) is 0 Å². The number of carbonyl (C=O) groups excluding carboxylic acids is 1. The van der Waals surface area contributed by atoms with Gasteiger partial charge in [0, 0.05) is 11.7 Å². The van der Waals surface area contributed by atoms with E-state index in [1.165, 1.54) is 12.1 Å². The van der Waals surface area contributed by atoms with Crippen LogP contribution in [0.1, 0.15) is 25.0 Å². The lowest BCUT2D eigenvalue weighted by Gasteiger charge is -2.18. The largest absolute Gasteiger partial charge is 0.327 e. The van der Waals surface area contributed by atoms with E-state index < -0.39 is 10.0 Å². The van der Waals surface area contributed by atoms with Crippen molar-refractivity contribution in [1.82, 2.24) is 0 Å². The van der Waals surface area contributed by atoms with Crippen molar-refractivity contribution in [1.29, 1.82) is 0 Å². The van der Waals surface area contributed by atoms with Crippen molar-refractivity contribution in [2.24, 2.45) is 16.8 Å². The molecule has 5 N–H and O–H groups in total. The molecule has 120 valence electrons. The van der Waals surface area contributed by atoms with Gasteiger partial charge in [0.25, 0.3) is 0 Å². The van der Waals surface area contributed by atoms with Crippen LogP contribution < -0.4 is 16.2 Å². The first-order valence-electron chi connectivity index (χ1n) is 6.24. The minimum Gasteiger partial charge on any atom is -0.327 e. The zero-order valence-corrected chi connectivity index (χ0v) is 14.1. The lowest BCUT2D eigenvalue weighted by molar-refractivity contribution is -0.119. The molecule has 1 amide bonds. The van der Waals surface area contributed by atoms with Gasteiger partial charge in [0.2, 0.25) is 15.9 Å². The third kappa shape index (κ3) is 4.96. The first-order valence-corrected chi connectivity index (χ1v) is 7.79. The molecule has 0 aliphatic heterocycles. The molecule has 0 heterocycles. The van der Waals surface area contributed by atoms with Gasteiger partial charge in [-0.25, -0.2) is 13.6 Å². The van der Waals surface area contributed by atoms with Gasteiger partial charge >= 0.3 is 0 Å². The first-order chi connectivity index (χ1) is 9.04. The zero-order valence-electron chi connectivity index (χ0n) is 12.5. The van der Waals surface area contributed by atoms with E-state index >= 15 is 0 Å². The number of anilines is 1. The Morgan fingerprint density at radius 1 is 1.24 bits per heavy atom. The van der Waals surface area contributed by atoms with Crippen LogP contribution in [0, 0.1) is 19.8 Å². The summed E-state index contributed by atoms with van der Waals surface area (Å²) >= 11 is 0. The van der Waals surface area contributed by atoms with E-state index in [4.69, 9.17) is 10.9 Å². The van der Waals surface area contributed by atoms with Gasteiger partial charge in [-0.2, -0.15) is 0 Å². The number of nitrogens with two attached hydrogens (primary N) is 2. The molecule has 6 nitrogen and oxygen atoms in total. The third-order valence-corrected chi connectivity index (χ3v) is 4.32. The van der Waals surface area contributed by atoms with E-state index in [2.05, 4.69) is 5.32 Å². The van der Waals surface area contributed by atoms with E-state index in [9.17, 15) is 13.2 Å². The average molecular weight is 336 g/mol. The molecule has 0 fully saturated rings. The highest BCUT2D eigenvalue weighted by Crippen LogP contribution is 2.24. The van der Waals surface area contributed by atoms with E-state index in [0.717, 1.165) is 11.1 Å². The Hall–Kier alpha value is -1.15. The fraction of sp³-hybridized carbons (Fsp3) is 0.462. The molecule has 0 bridgehead atoms. The van der Waals surface area contributed by atoms with Gasteiger partial charge < -0.3 is 11.1 Å². The Labute approximate surface area is 131 Å². The number of benzene rings is 1. The highest BCUT2D eigenvalue weighted by Gasteiger charge is 2.19. The standard InChI is InChI=1S/C13H21N3O3S.ClH/c1-7-5-11(20(15,18)19)6-12(8(7)2)16-13(17)9(3)10(4)14;/h5-6,9-10H,14H2,1-4H3,(H,16,17)(H2,15,18,19);1H. The Morgan fingerprint density at radius 3 is 2.19 bits per heavy atom. The van der Waals surface area contributed by atoms with E-state index in [1.54, 1.807) is 27.7 Å². The highest BCUT2D eigenvalue weighted by molar-refractivity contribution is 7.89. The van der Waals surface area contributed by atoms with Gasteiger partial charge in [-0.05, 0) is 44.0 Å². The summed E-state index contributed by atoms with van der Waals surface area (Å²) in [5.74, 6) is -0.637. The molecular formula is C13H22ClN3O3S. The van der Waals surface area contributed by atoms with Crippen molar-refractivity contribution in [3.05, 3.63) is 23.3 Å². The third-order valence-electron chi connectivity index (χ3n) is 3.43. The molecule has 0 saturated heterocycles. The number of halogens is 1. The van der Waals surface area contributed by atoms with Gasteiger partial charge in [-0.3, -0.25) is 4.79 Å². The maximum Gasteiger partial charge on any atom is 0.238 e. The summed E-state index contributed by atoms with van der Waals surface area (Å²) < 4.78 is 22.8. The zero-order chi connectivity index (χ0) is 15.7. The van der Waals surface area contributed by atoms with E-state index in [0.29, 0.717) is 5.69 Å². The van der Waals surface area contributed by atoms with Crippen LogP contribution in [0.15, 0.2) is 17.0 Å². The second-order valence-corrected chi connectivity index (χ2v) is 6.66. The molecule has 0 aliphatic carbocycles. The van der Waals surface area contributed by atoms with Crippen LogP contribution in [0.4, 0.5) is 5.69 Å². The number of amides is 1. The summed E-state index contributed by atoms with van der Waals surface area (Å²) in [7, 11) is -3.81. The number of primary sulfonamides is 1. The quantitative estimate of drug-likeness (QED) is 0.768. The molecule has 8 heteroatoms. The number of hydrogen-bond donors (Lipinski definition) is 3. The Kier molecular flexibility index (Phi) is 6.82. The fourth-order valence-electron chi connectivity index (χ4n) is 1.61. The van der Waals surface area contributed by atoms with Crippen molar-refractivity contribution < 1.29 is 13.2 Å². The molecular weight excluding hydrogens is 314 g/mol. The van der Waals surface area contributed by atoms with Crippen LogP contribution in [0.25, 0.3) is 0 Å². The number of aryl methyl sites for hydroxylation is 1. The summed E-state index contributed by atoms with van der Waals surface area (Å²) in [6.07, 6.45) is 0. The molecule has 0 aliphatic rings. The summed E-state index contributed by atoms with van der Waals surface area (Å²) in [5.41, 5.74) is 7.65. The monoisotopic (exact) mass is 335 g/mol. The minimum atomic E-state index is -3.81. The van der Waals surface area contributed by atoms with E-state index in [-0.39, 0.29) is 35.2 Å². The Balaban J connectivity index is 0.00000400. The number of hydrogen-bond acceptors (Lipinski definition) is 4. The predicted molar refractivity (Wildman–Crippen MR) is 86.0 cm³/mol. The average Bonchev–Trinajstić information content (AvgIpc) is 2.32. The second kappa shape index (κ2) is 7.22. The normalized spacial score (nSPS) is 14.0. The SMILES string of the molecule is Cc1cc(S(N)(=O)=O)cc(NC(=O)C(C)C(C)N)c1C.Cl. The number of rotatable bonds is 4. The number of nitrogens with one attached hydrogen (secondary N) is 1. The highest BCUT2D eigenvalue weighted by atomic mass is 35.5. The van der Waals surface area contributed by atoms with Gasteiger partial charge in [0.05, 0.1) is 10.8 Å². The minimum absolute atomic E-state index is 0. The second-order valence-electron chi connectivity index (χ2n) is 5.09. The molecule has 0 spiro atoms. The predicted octanol–water partition coefficient (Wildman–Crippen LogP) is 1.29. The fourth-order valence-corrected chi connectivity index (χ4v) is 2.23. The van der Waals surface area contributed by atoms with Gasteiger partial charge in [0.1, 0.15) is 0 Å². The lowest BCUT2D eigenvalue weighted by atomic mass is 10.0. The van der Waals surface area contributed by atoms with Crippen LogP contribution in [0.3, 0.4) is 0 Å². The number of sulfonamides is 1. The maximum absolute atomic E-state index is 12.0. The van der Waals surface area contributed by atoms with Crippen LogP contribution in [0.5, 0.6) is 0 Å². The molecule has 0 saturated carbocycles. The van der Waals surface area contributed by atoms with Crippen molar-refractivity contribution >= 4 is 34.0 Å². The molecule has 0 radical (unpaired) electrons. The van der Waals surface area contributed by atoms with Gasteiger partial charge in [0.15, 0.2) is 0 Å². The molecule has 2 unspecified atom stereocenters. The molecule has 21 heavy (non-hydrogen) atoms. The number of carbonyl (C=O) groups is 1. The van der Waals surface area contributed by atoms with Crippen molar-refractivity contribution in [3.63, 3.8) is 0 Å². The molecule has 0 aromatic heterocycles. The van der Waals surface area contributed by atoms with Crippen LogP contribution >= 0.6 is 12.4 Å². The smallest absolute Gasteiger partial charge is 0.238 e. The van der Waals surface area contributed by atoms with Crippen LogP contribution in [-0.4, -0.2) is 20.4 Å². The summed E-state index contributed by atoms with van der Waals surface area (Å²) in [5, 5.41) is 7.83. The molecule has 1 rings (SSSR count). The van der Waals surface area contributed by atoms with Gasteiger partial charge in [-0.1, -0.05) is 6.92 Å². The Morgan fingerprint density at radius 2 is 1.76 bits per heavy atom. The summed E-state index contributed by atoms with van der Waals surface area (Å²) in [6, 6.07) is 2.55. The van der Waals surface area contributed by atoms with E-state index in [1.807, 2.05) is 0 Å². The topological polar surface area (TPSA) is 115 Å². The Bertz CT molecular complexity index is 630. The molecule has 1 aromatic carbocycles. The summed E-state index contributed by atoms with van der Waals surface area (Å²) in [4.78, 5) is 12.0.